The van der Waals surface area contributed by atoms with Crippen LogP contribution in [0, 0.1) is 31.5 Å². The lowest BCUT2D eigenvalue weighted by Gasteiger charge is -2.42. The van der Waals surface area contributed by atoms with Crippen LogP contribution in [0.15, 0.2) is 102 Å². The number of aliphatic carboxylic acids is 1. The number of anilines is 1. The van der Waals surface area contributed by atoms with Gasteiger partial charge < -0.3 is 110 Å². The van der Waals surface area contributed by atoms with Gasteiger partial charge in [0.05, 0.1) is 83.3 Å². The van der Waals surface area contributed by atoms with Crippen molar-refractivity contribution in [2.45, 2.75) is 245 Å². The number of pyridine rings is 2. The molecule has 39 heteroatoms. The average Bonchev–Trinajstić information content (AvgIpc) is 1.49. The number of β-amino-alcohol motifs (C(OH)–C–C–N with tert-alkyl or cyclic N) is 2. The number of carbonyl (C=O) groups is 7. The number of hydrogen-bond acceptors (Lipinski definition) is 34. The summed E-state index contributed by atoms with van der Waals surface area (Å²) in [6.07, 6.45) is 12.2. The molecule has 8 aliphatic heterocycles. The number of rotatable bonds is 31. The number of carbonyl (C=O) groups excluding carboxylic acids is 6. The standard InChI is InChI=1S/C23H31NO7.C21H20FN3O4S.C17H20O6.C14H29NO4.C11H13NO4.C8H14O2.C6H13NO3/c1-15(5-7-19(25)30-13-10-24-8-11-29-12-9-24)4-6-17-21(26)20-18(14-31-23(20)27)16(2)22(17)28-3;22-15-8-5-14(6-9-15)7-10-17(26)19-20(27)18-16(4-3-11-23-18)21(24-19)25-12-1-2-13-30(25,28)29;1-9(5-7-13(18)19)4-6-11-15(20)14-12(8-23-17(14)21)10(2)16(11)22-3;1-3-19-9-7-5-4-6-8-15-10-12(16)14(18)13(17)11(15)2;1-7-5-12(10(15)4-9(7)14)11-3-2-8(6-13)16-11;1-5-3-8(10)7(4-9)6(5)2;1-3-5(9)6(10)4(8)2-7-3/h4,26H,5-14H2,1-3H3;3-6,8-9,11,27H,1-2,7,10,12-13H2;4,20H,5-8H2,1-3H3,(H,18,19);11-14,16-18H,3-10H2,1-2H3;2-3,5,8,11,13H,4,6H2,1H3;5,7-10H,2-4H2,1H3;3-10H,2H2,1H3/b15-4+;;9-4+;;;;/t;;;11-,12+,13+,14-;;5-,7-,8-;3-,4+,5+,6-/m...1.01/s1. The number of Topliss-reactive ketones (excluding diaryl/α,β-unsaturated/α-hetero) is 2. The van der Waals surface area contributed by atoms with Crippen LogP contribution < -0.4 is 19.1 Å². The number of aromatic nitrogens is 2. The predicted molar refractivity (Wildman–Crippen MR) is 511 cm³/mol. The number of morpholine rings is 1. The third-order valence-electron chi connectivity index (χ3n) is 25.8. The van der Waals surface area contributed by atoms with Crippen molar-refractivity contribution in [2.75, 3.05) is 116 Å². The monoisotopic (exact) mass is 1970 g/mol. The van der Waals surface area contributed by atoms with Gasteiger partial charge in [-0.15, -0.1) is 0 Å². The van der Waals surface area contributed by atoms with Crippen molar-refractivity contribution >= 4 is 68.1 Å². The van der Waals surface area contributed by atoms with Crippen molar-refractivity contribution in [3.63, 3.8) is 0 Å². The highest BCUT2D eigenvalue weighted by atomic mass is 32.2. The zero-order valence-electron chi connectivity index (χ0n) is 81.2. The molecule has 3 aromatic carbocycles. The number of phenols is 2. The van der Waals surface area contributed by atoms with E-state index in [1.165, 1.54) is 40.8 Å². The molecule has 0 bridgehead atoms. The van der Waals surface area contributed by atoms with Crippen LogP contribution in [0.5, 0.6) is 28.7 Å². The van der Waals surface area contributed by atoms with Crippen molar-refractivity contribution in [2.24, 2.45) is 11.8 Å². The summed E-state index contributed by atoms with van der Waals surface area (Å²) < 4.78 is 81.8. The van der Waals surface area contributed by atoms with E-state index in [4.69, 9.17) is 68.5 Å². The summed E-state index contributed by atoms with van der Waals surface area (Å²) in [4.78, 5) is 96.3. The number of amides is 1. The first-order valence-electron chi connectivity index (χ1n) is 47.1. The molecule has 4 saturated heterocycles. The molecule has 5 aromatic rings. The number of methoxy groups -OCH3 is 2. The Kier molecular flexibility index (Phi) is 45.3. The zero-order chi connectivity index (χ0) is 102. The number of benzene rings is 3. The lowest BCUT2D eigenvalue weighted by atomic mass is 9.94. The van der Waals surface area contributed by atoms with Crippen LogP contribution in [0.2, 0.25) is 0 Å². The number of likely N-dealkylation sites (tertiary alicyclic amines) is 1. The molecule has 1 amide bonds. The molecule has 768 valence electrons. The maximum atomic E-state index is 13.1. The Hall–Kier alpha value is -10.3. The van der Waals surface area contributed by atoms with E-state index in [0.29, 0.717) is 122 Å². The molecule has 2 unspecified atom stereocenters. The van der Waals surface area contributed by atoms with Gasteiger partial charge >= 0.3 is 23.9 Å². The average molecular weight is 1970 g/mol. The fraction of sp³-hybridized carbons (Fsp3) is 0.570. The molecule has 14 rings (SSSR count). The van der Waals surface area contributed by atoms with Crippen molar-refractivity contribution in [1.29, 1.82) is 0 Å². The van der Waals surface area contributed by atoms with E-state index in [0.717, 1.165) is 118 Å². The minimum absolute atomic E-state index is 0.00512. The summed E-state index contributed by atoms with van der Waals surface area (Å²) in [6, 6.07) is 8.82. The minimum Gasteiger partial charge on any atom is -0.507 e. The number of halogens is 1. The smallest absolute Gasteiger partial charge is 0.342 e. The number of unbranched alkanes of at least 4 members (excludes halogenated alkanes) is 3. The Morgan fingerprint density at radius 3 is 1.86 bits per heavy atom. The van der Waals surface area contributed by atoms with E-state index in [-0.39, 0.29) is 157 Å². The lowest BCUT2D eigenvalue weighted by molar-refractivity contribution is -0.144. The first-order chi connectivity index (χ1) is 66.1. The van der Waals surface area contributed by atoms with E-state index in [1.807, 2.05) is 60.6 Å². The Bertz CT molecular complexity index is 5250. The number of aliphatic hydroxyl groups is 9. The number of nitrogens with one attached hydrogen (secondary N) is 1. The highest BCUT2D eigenvalue weighted by Gasteiger charge is 2.41. The summed E-state index contributed by atoms with van der Waals surface area (Å²) >= 11 is 0. The minimum atomic E-state index is -3.57. The topological polar surface area (TPSA) is 541 Å². The van der Waals surface area contributed by atoms with Crippen molar-refractivity contribution in [3.8, 4) is 28.7 Å². The molecule has 14 N–H and O–H groups in total. The zero-order valence-corrected chi connectivity index (χ0v) is 82.0. The molecule has 2 aromatic heterocycles. The highest BCUT2D eigenvalue weighted by Crippen LogP contribution is 2.45. The molecule has 37 nitrogen and oxygen atoms in total. The number of carboxylic acids is 1. The lowest BCUT2D eigenvalue weighted by Crippen LogP contribution is -2.60. The van der Waals surface area contributed by atoms with Crippen LogP contribution in [-0.2, 0) is 90.1 Å². The van der Waals surface area contributed by atoms with Gasteiger partial charge in [0.25, 0.3) is 0 Å². The summed E-state index contributed by atoms with van der Waals surface area (Å²) in [5, 5.41) is 127. The van der Waals surface area contributed by atoms with Crippen LogP contribution >= 0.6 is 0 Å². The first kappa shape index (κ1) is 114. The summed E-state index contributed by atoms with van der Waals surface area (Å²) in [6.45, 7) is 28.6. The second kappa shape index (κ2) is 55.2. The third-order valence-corrected chi connectivity index (χ3v) is 27.6. The van der Waals surface area contributed by atoms with Crippen LogP contribution in [0.1, 0.15) is 202 Å². The number of ketones is 2. The van der Waals surface area contributed by atoms with Gasteiger partial charge in [0, 0.05) is 135 Å². The van der Waals surface area contributed by atoms with Gasteiger partial charge in [-0.25, -0.2) is 27.4 Å². The SMILES string of the molecule is C=C1[C@@H](C)C[C@H](O)[C@H]1CO.CC1=CN(C2C=CC(CO)O2)C(=O)CC1=O.CCOCCCCCCN1C[C@H](O)[C@@H](O)[C@@H](O)[C@H]1C.COc1c(C)c2c(c(O)c1C/C=C(\C)CCC(=O)O)C(=O)OC2.COc1c(C)c2c(c(O)c1C/C=C(\C)CCC(=O)OCCN1CCOCC1)C(=O)OC2.C[C@H]1NC[C@H](O)[C@@H](O)[C@H]1O.O=C(CCc1ccc(F)cc1)c1nc(N2CCCCS2(=O)=O)c2cccnc2c1O. The van der Waals surface area contributed by atoms with Crippen LogP contribution in [0.4, 0.5) is 10.2 Å². The number of fused-ring (bicyclic) bond motifs is 3. The number of carboxylic acid groups (broad SMARTS) is 1. The second-order valence-electron chi connectivity index (χ2n) is 35.6. The maximum absolute atomic E-state index is 13.1. The van der Waals surface area contributed by atoms with Gasteiger partial charge in [0.2, 0.25) is 15.9 Å². The van der Waals surface area contributed by atoms with E-state index in [1.54, 1.807) is 57.4 Å². The van der Waals surface area contributed by atoms with Gasteiger partial charge in [-0.3, -0.25) is 48.0 Å². The number of aliphatic hydroxyl groups excluding tert-OH is 9. The number of nitrogens with zero attached hydrogens (tertiary/aromatic N) is 6. The molecule has 10 heterocycles. The number of esters is 3. The van der Waals surface area contributed by atoms with Gasteiger partial charge in [-0.2, -0.15) is 0 Å². The van der Waals surface area contributed by atoms with Crippen molar-refractivity contribution in [1.82, 2.24) is 30.0 Å². The number of aryl methyl sites for hydroxylation is 1. The van der Waals surface area contributed by atoms with Gasteiger partial charge in [-0.1, -0.05) is 73.4 Å². The molecular formula is C100H140FN7O30S. The molecule has 1 aliphatic carbocycles. The number of piperidine rings is 2. The number of allylic oxidation sites excluding steroid dienone is 5. The summed E-state index contributed by atoms with van der Waals surface area (Å²) in [7, 11) is -0.517. The Morgan fingerprint density at radius 1 is 0.705 bits per heavy atom. The van der Waals surface area contributed by atoms with Gasteiger partial charge in [-0.05, 0) is 179 Å². The highest BCUT2D eigenvalue weighted by molar-refractivity contribution is 7.92. The molecule has 1 saturated carbocycles. The number of phenolic OH excluding ortho intramolecular Hbond substituents is 2. The fourth-order valence-electron chi connectivity index (χ4n) is 17.0. The van der Waals surface area contributed by atoms with E-state index >= 15 is 0 Å². The molecule has 9 aliphatic rings. The van der Waals surface area contributed by atoms with Gasteiger partial charge in [0.15, 0.2) is 35.1 Å². The maximum Gasteiger partial charge on any atom is 0.342 e. The van der Waals surface area contributed by atoms with E-state index < -0.39 is 76.6 Å². The molecule has 139 heavy (non-hydrogen) atoms. The largest absolute Gasteiger partial charge is 0.507 e. The molecule has 5 fully saturated rings. The molecule has 0 radical (unpaired) electrons. The quantitative estimate of drug-likeness (QED) is 0.00512. The normalized spacial score (nSPS) is 23.8. The fourth-order valence-corrected chi connectivity index (χ4v) is 18.6. The van der Waals surface area contributed by atoms with Gasteiger partial charge in [0.1, 0.15) is 83.6 Å². The van der Waals surface area contributed by atoms with Crippen LogP contribution in [0.3, 0.4) is 0 Å². The predicted octanol–water partition coefficient (Wildman–Crippen LogP) is 7.42. The van der Waals surface area contributed by atoms with Crippen molar-refractivity contribution in [3.05, 3.63) is 164 Å². The molecule has 0 spiro atoms. The number of cyclic esters (lactones) is 2. The first-order valence-corrected chi connectivity index (χ1v) is 48.7. The number of ether oxygens (including phenoxy) is 8. The molecular weight excluding hydrogens is 1830 g/mol. The summed E-state index contributed by atoms with van der Waals surface area (Å²) in [5.74, 6) is -2.44. The van der Waals surface area contributed by atoms with Crippen LogP contribution in [-0.4, -0.2) is 320 Å². The number of sulfonamides is 1. The molecule has 13 atom stereocenters. The Morgan fingerprint density at radius 2 is 1.31 bits per heavy atom. The second-order valence-corrected chi connectivity index (χ2v) is 37.7. The van der Waals surface area contributed by atoms with E-state index in [2.05, 4.69) is 31.7 Å². The summed E-state index contributed by atoms with van der Waals surface area (Å²) in [5.41, 5.74) is 8.50. The number of aromatic hydroxyl groups is 3. The van der Waals surface area contributed by atoms with E-state index in [9.17, 15) is 82.1 Å². The van der Waals surface area contributed by atoms with Crippen molar-refractivity contribution < 1.29 is 151 Å². The number of hydrogen-bond donors (Lipinski definition) is 14. The Balaban J connectivity index is 0.000000206. The Labute approximate surface area is 810 Å². The van der Waals surface area contributed by atoms with Crippen LogP contribution in [0.25, 0.3) is 10.9 Å². The third kappa shape index (κ3) is 31.6.